The molecule has 86 valence electrons. The van der Waals surface area contributed by atoms with Crippen LogP contribution < -0.4 is 0 Å². The Morgan fingerprint density at radius 1 is 1.06 bits per heavy atom. The fraction of sp³-hybridized carbons (Fsp3) is 0.571. The van der Waals surface area contributed by atoms with Crippen LogP contribution in [0.25, 0.3) is 0 Å². The number of fused-ring (bicyclic) bond motifs is 1. The Morgan fingerprint density at radius 2 is 1.81 bits per heavy atom. The fourth-order valence-corrected chi connectivity index (χ4v) is 3.05. The van der Waals surface area contributed by atoms with Crippen molar-refractivity contribution in [1.82, 2.24) is 9.80 Å². The highest BCUT2D eigenvalue weighted by Gasteiger charge is 2.28. The predicted molar refractivity (Wildman–Crippen MR) is 66.6 cm³/mol. The van der Waals surface area contributed by atoms with Crippen molar-refractivity contribution in [2.24, 2.45) is 0 Å². The maximum atomic E-state index is 2.67. The smallest absolute Gasteiger partial charge is 0.0355 e. The SMILES string of the molecule is CN1CCN([C@@H]2CCc3ccccc32)CC1. The van der Waals surface area contributed by atoms with Crippen molar-refractivity contribution in [1.29, 1.82) is 0 Å². The van der Waals surface area contributed by atoms with Crippen LogP contribution in [0.1, 0.15) is 23.6 Å². The molecular weight excluding hydrogens is 196 g/mol. The highest BCUT2D eigenvalue weighted by molar-refractivity contribution is 5.34. The van der Waals surface area contributed by atoms with Crippen molar-refractivity contribution in [3.05, 3.63) is 35.4 Å². The van der Waals surface area contributed by atoms with Gasteiger partial charge in [0.1, 0.15) is 0 Å². The van der Waals surface area contributed by atoms with Crippen LogP contribution in [0.2, 0.25) is 0 Å². The Morgan fingerprint density at radius 3 is 2.62 bits per heavy atom. The first-order valence-electron chi connectivity index (χ1n) is 6.35. The topological polar surface area (TPSA) is 6.48 Å². The second-order valence-electron chi connectivity index (χ2n) is 5.09. The molecule has 0 saturated carbocycles. The Hall–Kier alpha value is -0.860. The minimum absolute atomic E-state index is 0.699. The minimum Gasteiger partial charge on any atom is -0.304 e. The quantitative estimate of drug-likeness (QED) is 0.707. The number of hydrogen-bond acceptors (Lipinski definition) is 2. The highest BCUT2D eigenvalue weighted by Crippen LogP contribution is 2.35. The van der Waals surface area contributed by atoms with Gasteiger partial charge in [-0.25, -0.2) is 0 Å². The van der Waals surface area contributed by atoms with E-state index >= 15 is 0 Å². The van der Waals surface area contributed by atoms with Crippen molar-refractivity contribution in [3.8, 4) is 0 Å². The van der Waals surface area contributed by atoms with Crippen molar-refractivity contribution in [2.45, 2.75) is 18.9 Å². The van der Waals surface area contributed by atoms with Crippen LogP contribution in [0.3, 0.4) is 0 Å². The largest absolute Gasteiger partial charge is 0.304 e. The second-order valence-corrected chi connectivity index (χ2v) is 5.09. The van der Waals surface area contributed by atoms with Crippen molar-refractivity contribution in [3.63, 3.8) is 0 Å². The molecule has 1 aliphatic carbocycles. The lowest BCUT2D eigenvalue weighted by Gasteiger charge is -2.36. The summed E-state index contributed by atoms with van der Waals surface area (Å²) in [4.78, 5) is 5.10. The van der Waals surface area contributed by atoms with Gasteiger partial charge in [-0.05, 0) is 31.0 Å². The molecule has 1 aromatic rings. The Bertz CT molecular complexity index is 367. The van der Waals surface area contributed by atoms with E-state index in [-0.39, 0.29) is 0 Å². The molecule has 0 spiro atoms. The molecule has 0 N–H and O–H groups in total. The van der Waals surface area contributed by atoms with Crippen LogP contribution in [0.5, 0.6) is 0 Å². The molecule has 2 aliphatic rings. The Balaban J connectivity index is 1.77. The zero-order valence-corrected chi connectivity index (χ0v) is 10.0. The van der Waals surface area contributed by atoms with E-state index in [1.54, 1.807) is 11.1 Å². The van der Waals surface area contributed by atoms with Crippen LogP contribution in [0, 0.1) is 0 Å². The van der Waals surface area contributed by atoms with E-state index in [1.807, 2.05) is 0 Å². The third kappa shape index (κ3) is 1.76. The van der Waals surface area contributed by atoms with Gasteiger partial charge in [-0.2, -0.15) is 0 Å². The second kappa shape index (κ2) is 4.19. The van der Waals surface area contributed by atoms with Crippen molar-refractivity contribution in [2.75, 3.05) is 33.2 Å². The molecule has 0 amide bonds. The molecule has 1 fully saturated rings. The maximum Gasteiger partial charge on any atom is 0.0355 e. The Labute approximate surface area is 97.9 Å². The summed E-state index contributed by atoms with van der Waals surface area (Å²) in [5.41, 5.74) is 3.17. The number of aryl methyl sites for hydroxylation is 1. The molecule has 0 aromatic heterocycles. The summed E-state index contributed by atoms with van der Waals surface area (Å²) in [6.07, 6.45) is 2.59. The molecule has 0 radical (unpaired) electrons. The Kier molecular flexibility index (Phi) is 2.70. The standard InChI is InChI=1S/C14H20N2/c1-15-8-10-16(11-9-15)14-7-6-12-4-2-3-5-13(12)14/h2-5,14H,6-11H2,1H3/t14-/m1/s1. The van der Waals surface area contributed by atoms with E-state index in [0.717, 1.165) is 0 Å². The molecule has 2 heteroatoms. The van der Waals surface area contributed by atoms with Gasteiger partial charge in [0.2, 0.25) is 0 Å². The van der Waals surface area contributed by atoms with Gasteiger partial charge in [0.25, 0.3) is 0 Å². The molecular formula is C14H20N2. The van der Waals surface area contributed by atoms with Gasteiger partial charge in [0, 0.05) is 32.2 Å². The lowest BCUT2D eigenvalue weighted by Crippen LogP contribution is -2.45. The van der Waals surface area contributed by atoms with Crippen molar-refractivity contribution < 1.29 is 0 Å². The summed E-state index contributed by atoms with van der Waals surface area (Å²) in [5.74, 6) is 0. The van der Waals surface area contributed by atoms with Gasteiger partial charge in [0.15, 0.2) is 0 Å². The first-order valence-corrected chi connectivity index (χ1v) is 6.35. The van der Waals surface area contributed by atoms with E-state index in [1.165, 1.54) is 39.0 Å². The first-order chi connectivity index (χ1) is 7.84. The van der Waals surface area contributed by atoms with E-state index in [9.17, 15) is 0 Å². The van der Waals surface area contributed by atoms with Gasteiger partial charge in [-0.3, -0.25) is 4.90 Å². The van der Waals surface area contributed by atoms with E-state index in [0.29, 0.717) is 6.04 Å². The van der Waals surface area contributed by atoms with Gasteiger partial charge >= 0.3 is 0 Å². The predicted octanol–water partition coefficient (Wildman–Crippen LogP) is 1.92. The number of piperazine rings is 1. The van der Waals surface area contributed by atoms with E-state index < -0.39 is 0 Å². The molecule has 0 bridgehead atoms. The fourth-order valence-electron chi connectivity index (χ4n) is 3.05. The number of rotatable bonds is 1. The normalized spacial score (nSPS) is 26.9. The molecule has 1 atom stereocenters. The molecule has 1 aliphatic heterocycles. The van der Waals surface area contributed by atoms with E-state index in [2.05, 4.69) is 41.1 Å². The summed E-state index contributed by atoms with van der Waals surface area (Å²) >= 11 is 0. The summed E-state index contributed by atoms with van der Waals surface area (Å²) < 4.78 is 0. The maximum absolute atomic E-state index is 2.67. The summed E-state index contributed by atoms with van der Waals surface area (Å²) in [6, 6.07) is 9.68. The molecule has 3 rings (SSSR count). The monoisotopic (exact) mass is 216 g/mol. The zero-order chi connectivity index (χ0) is 11.0. The lowest BCUT2D eigenvalue weighted by molar-refractivity contribution is 0.111. The van der Waals surface area contributed by atoms with Gasteiger partial charge in [-0.15, -0.1) is 0 Å². The number of hydrogen-bond donors (Lipinski definition) is 0. The van der Waals surface area contributed by atoms with Gasteiger partial charge in [0.05, 0.1) is 0 Å². The number of likely N-dealkylation sites (N-methyl/N-ethyl adjacent to an activating group) is 1. The van der Waals surface area contributed by atoms with E-state index in [4.69, 9.17) is 0 Å². The molecule has 1 saturated heterocycles. The highest BCUT2D eigenvalue weighted by atomic mass is 15.3. The summed E-state index contributed by atoms with van der Waals surface area (Å²) in [7, 11) is 2.22. The van der Waals surface area contributed by atoms with Crippen LogP contribution in [0.4, 0.5) is 0 Å². The first kappa shape index (κ1) is 10.3. The van der Waals surface area contributed by atoms with Crippen molar-refractivity contribution >= 4 is 0 Å². The molecule has 1 heterocycles. The minimum atomic E-state index is 0.699. The van der Waals surface area contributed by atoms with Crippen LogP contribution in [-0.2, 0) is 6.42 Å². The summed E-state index contributed by atoms with van der Waals surface area (Å²) in [5, 5.41) is 0. The third-order valence-electron chi connectivity index (χ3n) is 4.08. The number of nitrogens with zero attached hydrogens (tertiary/aromatic N) is 2. The molecule has 1 aromatic carbocycles. The molecule has 2 nitrogen and oxygen atoms in total. The average Bonchev–Trinajstić information content (AvgIpc) is 2.74. The van der Waals surface area contributed by atoms with Gasteiger partial charge in [-0.1, -0.05) is 24.3 Å². The molecule has 0 unspecified atom stereocenters. The van der Waals surface area contributed by atoms with Crippen LogP contribution in [-0.4, -0.2) is 43.0 Å². The molecule has 16 heavy (non-hydrogen) atoms. The number of benzene rings is 1. The van der Waals surface area contributed by atoms with Crippen LogP contribution in [0.15, 0.2) is 24.3 Å². The lowest BCUT2D eigenvalue weighted by atomic mass is 10.1. The van der Waals surface area contributed by atoms with Crippen LogP contribution >= 0.6 is 0 Å². The van der Waals surface area contributed by atoms with Gasteiger partial charge < -0.3 is 4.90 Å². The average molecular weight is 216 g/mol. The summed E-state index contributed by atoms with van der Waals surface area (Å²) in [6.45, 7) is 4.91. The zero-order valence-electron chi connectivity index (χ0n) is 10.0. The third-order valence-corrected chi connectivity index (χ3v) is 4.08.